The maximum atomic E-state index is 14.0. The molecule has 0 saturated heterocycles. The summed E-state index contributed by atoms with van der Waals surface area (Å²) in [6.07, 6.45) is 0.322. The predicted molar refractivity (Wildman–Crippen MR) is 152 cm³/mol. The Morgan fingerprint density at radius 2 is 1.80 bits per heavy atom. The fourth-order valence-electron chi connectivity index (χ4n) is 7.16. The predicted octanol–water partition coefficient (Wildman–Crippen LogP) is 2.36. The van der Waals surface area contributed by atoms with E-state index in [0.29, 0.717) is 23.4 Å². The highest BCUT2D eigenvalue weighted by atomic mass is 16.3. The Kier molecular flexibility index (Phi) is 7.00. The van der Waals surface area contributed by atoms with Crippen LogP contribution in [0.5, 0.6) is 5.75 Å². The molecule has 10 heteroatoms. The minimum Gasteiger partial charge on any atom is -0.510 e. The number of hydrogen-bond donors (Lipinski definition) is 5. The van der Waals surface area contributed by atoms with Crippen LogP contribution in [0.3, 0.4) is 0 Å². The number of allylic oxidation sites excluding steroid dienone is 1. The van der Waals surface area contributed by atoms with Gasteiger partial charge in [0.25, 0.3) is 5.91 Å². The molecule has 5 rings (SSSR count). The molecule has 0 fully saturated rings. The largest absolute Gasteiger partial charge is 0.510 e. The second-order valence-electron chi connectivity index (χ2n) is 12.4. The highest BCUT2D eigenvalue weighted by Gasteiger charge is 2.63. The van der Waals surface area contributed by atoms with Gasteiger partial charge in [-0.3, -0.25) is 19.3 Å². The lowest BCUT2D eigenvalue weighted by atomic mass is 9.58. The number of nitrogens with two attached hydrogens (primary N) is 1. The van der Waals surface area contributed by atoms with Gasteiger partial charge in [-0.05, 0) is 68.4 Å². The second-order valence-corrected chi connectivity index (χ2v) is 12.4. The zero-order valence-electron chi connectivity index (χ0n) is 23.9. The molecule has 0 unspecified atom stereocenters. The number of benzene rings is 2. The van der Waals surface area contributed by atoms with Crippen molar-refractivity contribution in [1.82, 2.24) is 9.80 Å². The van der Waals surface area contributed by atoms with Crippen LogP contribution in [0, 0.1) is 17.8 Å². The fourth-order valence-corrected chi connectivity index (χ4v) is 7.16. The van der Waals surface area contributed by atoms with Crippen LogP contribution in [0.15, 0.2) is 46.9 Å². The van der Waals surface area contributed by atoms with Crippen LogP contribution in [0.4, 0.5) is 0 Å². The van der Waals surface area contributed by atoms with E-state index < -0.39 is 58.0 Å². The number of amides is 1. The Morgan fingerprint density at radius 3 is 2.41 bits per heavy atom. The lowest BCUT2D eigenvalue weighted by molar-refractivity contribution is -0.148. The van der Waals surface area contributed by atoms with Crippen molar-refractivity contribution in [2.45, 2.75) is 44.9 Å². The van der Waals surface area contributed by atoms with E-state index in [0.717, 1.165) is 17.5 Å². The number of ketones is 2. The first-order valence-corrected chi connectivity index (χ1v) is 13.8. The molecule has 0 aromatic heterocycles. The third kappa shape index (κ3) is 4.32. The molecule has 10 nitrogen and oxygen atoms in total. The number of aliphatic hydroxyl groups excluding tert-OH is 2. The zero-order chi connectivity index (χ0) is 30.1. The summed E-state index contributed by atoms with van der Waals surface area (Å²) in [5.41, 5.74) is 3.34. The summed E-state index contributed by atoms with van der Waals surface area (Å²) in [6, 6.07) is 6.60. The number of Topliss-reactive ketones (excluding diaryl/α,β-unsaturated/α-hetero) is 2. The molecule has 3 aliphatic carbocycles. The number of rotatable bonds is 6. The van der Waals surface area contributed by atoms with Crippen LogP contribution >= 0.6 is 0 Å². The second kappa shape index (κ2) is 9.97. The number of hydrogen-bond acceptors (Lipinski definition) is 9. The van der Waals surface area contributed by atoms with Crippen molar-refractivity contribution in [2.75, 3.05) is 27.7 Å². The standard InChI is InChI=1S/C31H37N3O7/c1-14(2)12-34(5)13-15-6-7-16-9-17-10-18-11-20-24(33(3)4)27(37)23(30(32)40)29(39)31(20,41)28(38)22(18)26(36)21(17)25(35)19(16)8-15/h6-9,14,18,20,24,35,37-38,41H,10-13H2,1-5H3,(H2,32,40)/t18-,20-,24-,31-/m0/s1. The molecule has 0 saturated carbocycles. The molecule has 1 amide bonds. The molecule has 218 valence electrons. The summed E-state index contributed by atoms with van der Waals surface area (Å²) >= 11 is 0. The monoisotopic (exact) mass is 563 g/mol. The quantitative estimate of drug-likeness (QED) is 0.332. The molecular weight excluding hydrogens is 526 g/mol. The molecular formula is C31H37N3O7. The van der Waals surface area contributed by atoms with Crippen LogP contribution < -0.4 is 5.73 Å². The summed E-state index contributed by atoms with van der Waals surface area (Å²) in [5.74, 6) is -6.00. The normalized spacial score (nSPS) is 26.2. The number of fused-ring (bicyclic) bond motifs is 4. The van der Waals surface area contributed by atoms with Crippen molar-refractivity contribution in [2.24, 2.45) is 23.5 Å². The molecule has 4 atom stereocenters. The highest BCUT2D eigenvalue weighted by Crippen LogP contribution is 2.52. The van der Waals surface area contributed by atoms with Gasteiger partial charge in [-0.15, -0.1) is 0 Å². The Balaban J connectivity index is 1.63. The number of phenolic OH excluding ortho intramolecular Hbond substituents is 1. The number of phenols is 1. The molecule has 0 radical (unpaired) electrons. The van der Waals surface area contributed by atoms with Crippen molar-refractivity contribution < 1.29 is 34.8 Å². The Hall–Kier alpha value is -3.73. The molecule has 0 aliphatic heterocycles. The minimum atomic E-state index is -2.65. The van der Waals surface area contributed by atoms with Gasteiger partial charge in [-0.25, -0.2) is 0 Å². The molecule has 0 bridgehead atoms. The number of primary amides is 1. The molecule has 0 heterocycles. The SMILES string of the molecule is CC(C)CN(C)Cc1ccc2cc3c(c(O)c2c1)C(=O)C1=C(O)[C@]2(O)C(=O)C(C(N)=O)=C(O)[C@@H](N(C)C)[C@@H]2C[C@@H]1C3. The van der Waals surface area contributed by atoms with E-state index >= 15 is 0 Å². The molecule has 3 aliphatic rings. The molecule has 41 heavy (non-hydrogen) atoms. The van der Waals surface area contributed by atoms with Crippen molar-refractivity contribution in [3.8, 4) is 5.75 Å². The number of nitrogens with zero attached hydrogens (tertiary/aromatic N) is 2. The Labute approximate surface area is 238 Å². The Bertz CT molecular complexity index is 1560. The summed E-state index contributed by atoms with van der Waals surface area (Å²) < 4.78 is 0. The zero-order valence-corrected chi connectivity index (χ0v) is 23.9. The van der Waals surface area contributed by atoms with Crippen molar-refractivity contribution >= 4 is 28.2 Å². The number of aliphatic hydroxyl groups is 3. The first kappa shape index (κ1) is 28.8. The molecule has 0 spiro atoms. The maximum Gasteiger partial charge on any atom is 0.255 e. The van der Waals surface area contributed by atoms with Crippen LogP contribution in [0.2, 0.25) is 0 Å². The number of carbonyl (C=O) groups is 3. The van der Waals surface area contributed by atoms with E-state index in [1.807, 2.05) is 31.3 Å². The smallest absolute Gasteiger partial charge is 0.255 e. The number of likely N-dealkylation sites (N-methyl/N-ethyl adjacent to an activating group) is 1. The van der Waals surface area contributed by atoms with E-state index in [-0.39, 0.29) is 29.7 Å². The van der Waals surface area contributed by atoms with Gasteiger partial charge in [0.1, 0.15) is 22.8 Å². The average molecular weight is 564 g/mol. The lowest BCUT2D eigenvalue weighted by Crippen LogP contribution is -2.63. The van der Waals surface area contributed by atoms with E-state index in [2.05, 4.69) is 18.7 Å². The topological polar surface area (TPSA) is 165 Å². The summed E-state index contributed by atoms with van der Waals surface area (Å²) in [7, 11) is 5.22. The maximum absolute atomic E-state index is 14.0. The third-order valence-corrected chi connectivity index (χ3v) is 8.72. The average Bonchev–Trinajstić information content (AvgIpc) is 2.85. The lowest BCUT2D eigenvalue weighted by Gasteiger charge is -2.50. The van der Waals surface area contributed by atoms with Crippen molar-refractivity contribution in [3.05, 3.63) is 63.6 Å². The minimum absolute atomic E-state index is 0.0194. The summed E-state index contributed by atoms with van der Waals surface area (Å²) in [4.78, 5) is 43.2. The van der Waals surface area contributed by atoms with Crippen LogP contribution in [0.25, 0.3) is 10.8 Å². The number of aromatic hydroxyl groups is 1. The van der Waals surface area contributed by atoms with Crippen molar-refractivity contribution in [3.63, 3.8) is 0 Å². The van der Waals surface area contributed by atoms with Gasteiger partial charge in [0, 0.05) is 30.0 Å². The van der Waals surface area contributed by atoms with Crippen LogP contribution in [0.1, 0.15) is 41.8 Å². The highest BCUT2D eigenvalue weighted by molar-refractivity contribution is 6.25. The van der Waals surface area contributed by atoms with E-state index in [1.165, 1.54) is 4.90 Å². The van der Waals surface area contributed by atoms with Crippen molar-refractivity contribution in [1.29, 1.82) is 0 Å². The van der Waals surface area contributed by atoms with E-state index in [1.54, 1.807) is 14.1 Å². The van der Waals surface area contributed by atoms with Gasteiger partial charge in [0.15, 0.2) is 11.4 Å². The summed E-state index contributed by atoms with van der Waals surface area (Å²) in [5, 5.41) is 46.7. The Morgan fingerprint density at radius 1 is 1.12 bits per heavy atom. The first-order valence-electron chi connectivity index (χ1n) is 13.8. The molecule has 6 N–H and O–H groups in total. The van der Waals surface area contributed by atoms with Gasteiger partial charge < -0.3 is 31.1 Å². The van der Waals surface area contributed by atoms with Gasteiger partial charge in [-0.2, -0.15) is 0 Å². The third-order valence-electron chi connectivity index (χ3n) is 8.72. The van der Waals surface area contributed by atoms with Crippen LogP contribution in [-0.2, 0) is 22.6 Å². The molecule has 2 aromatic carbocycles. The van der Waals surface area contributed by atoms with Gasteiger partial charge in [0.05, 0.1) is 11.6 Å². The van der Waals surface area contributed by atoms with Crippen LogP contribution in [-0.4, -0.2) is 87.0 Å². The fraction of sp³-hybridized carbons (Fsp3) is 0.452. The van der Waals surface area contributed by atoms with E-state index in [9.17, 15) is 34.8 Å². The van der Waals surface area contributed by atoms with Gasteiger partial charge in [0.2, 0.25) is 5.78 Å². The molecule has 2 aromatic rings. The van der Waals surface area contributed by atoms with Gasteiger partial charge in [-0.1, -0.05) is 32.0 Å². The van der Waals surface area contributed by atoms with E-state index in [4.69, 9.17) is 5.73 Å². The number of carbonyl (C=O) groups excluding carboxylic acids is 3. The summed E-state index contributed by atoms with van der Waals surface area (Å²) in [6.45, 7) is 5.82. The van der Waals surface area contributed by atoms with Gasteiger partial charge >= 0.3 is 0 Å². The first-order chi connectivity index (χ1) is 19.2.